The third kappa shape index (κ3) is 8.14. The Morgan fingerprint density at radius 1 is 0.881 bits per heavy atom. The number of alkyl carbamates (subject to hydrolysis) is 1. The first kappa shape index (κ1) is 30.7. The molecule has 42 heavy (non-hydrogen) atoms. The second-order valence-electron chi connectivity index (χ2n) is 9.63. The van der Waals surface area contributed by atoms with Crippen molar-refractivity contribution in [3.05, 3.63) is 53.1 Å². The molecule has 12 nitrogen and oxygen atoms in total. The Morgan fingerprint density at radius 3 is 2.38 bits per heavy atom. The van der Waals surface area contributed by atoms with Gasteiger partial charge >= 0.3 is 6.09 Å². The molecule has 0 spiro atoms. The van der Waals surface area contributed by atoms with Crippen molar-refractivity contribution in [1.29, 1.82) is 0 Å². The number of aromatic nitrogens is 2. The summed E-state index contributed by atoms with van der Waals surface area (Å²) in [5.41, 5.74) is 5.49. The Balaban J connectivity index is 1.15. The van der Waals surface area contributed by atoms with Gasteiger partial charge in [-0.25, -0.2) is 4.79 Å². The Labute approximate surface area is 245 Å². The van der Waals surface area contributed by atoms with E-state index >= 15 is 0 Å². The molecule has 1 aliphatic rings. The van der Waals surface area contributed by atoms with E-state index in [-0.39, 0.29) is 5.91 Å². The average Bonchev–Trinajstić information content (AvgIpc) is 3.57. The maximum atomic E-state index is 12.7. The highest BCUT2D eigenvalue weighted by Crippen LogP contribution is 2.44. The molecule has 0 unspecified atom stereocenters. The van der Waals surface area contributed by atoms with Gasteiger partial charge < -0.3 is 39.6 Å². The van der Waals surface area contributed by atoms with Gasteiger partial charge in [0.05, 0.1) is 40.2 Å². The minimum atomic E-state index is -0.421. The van der Waals surface area contributed by atoms with Crippen LogP contribution in [-0.4, -0.2) is 83.0 Å². The Kier molecular flexibility index (Phi) is 11.4. The first-order chi connectivity index (χ1) is 20.5. The largest absolute Gasteiger partial charge is 0.493 e. The molecule has 0 atom stereocenters. The fraction of sp³-hybridized carbons (Fsp3) is 0.433. The molecule has 4 rings (SSSR count). The zero-order valence-electron chi connectivity index (χ0n) is 24.3. The predicted octanol–water partition coefficient (Wildman–Crippen LogP) is 4.03. The molecule has 4 N–H and O–H groups in total. The minimum Gasteiger partial charge on any atom is -0.493 e. The lowest BCUT2D eigenvalue weighted by Gasteiger charge is -2.10. The van der Waals surface area contributed by atoms with Gasteiger partial charge in [0, 0.05) is 55.1 Å². The van der Waals surface area contributed by atoms with Crippen LogP contribution >= 0.6 is 0 Å². The van der Waals surface area contributed by atoms with Crippen molar-refractivity contribution in [2.45, 2.75) is 25.7 Å². The molecule has 0 bridgehead atoms. The number of methoxy groups -OCH3 is 3. The number of unbranched alkanes of at least 4 members (excludes halogenated alkanes) is 1. The van der Waals surface area contributed by atoms with E-state index in [1.54, 1.807) is 20.3 Å². The summed E-state index contributed by atoms with van der Waals surface area (Å²) in [5, 5.41) is 16.5. The van der Waals surface area contributed by atoms with E-state index in [0.717, 1.165) is 40.9 Å². The first-order valence-corrected chi connectivity index (χ1v) is 14.0. The topological polar surface area (TPSA) is 145 Å². The molecule has 1 aromatic heterocycles. The summed E-state index contributed by atoms with van der Waals surface area (Å²) < 4.78 is 26.5. The smallest absolute Gasteiger partial charge is 0.406 e. The number of anilines is 2. The van der Waals surface area contributed by atoms with Gasteiger partial charge in [-0.15, -0.1) is 0 Å². The van der Waals surface area contributed by atoms with Crippen LogP contribution in [0.2, 0.25) is 0 Å². The number of rotatable bonds is 17. The molecule has 12 heteroatoms. The van der Waals surface area contributed by atoms with Crippen LogP contribution in [0.5, 0.6) is 11.5 Å². The summed E-state index contributed by atoms with van der Waals surface area (Å²) in [6.07, 6.45) is 2.64. The van der Waals surface area contributed by atoms with Gasteiger partial charge in [-0.3, -0.25) is 9.89 Å². The summed E-state index contributed by atoms with van der Waals surface area (Å²) in [6.45, 7) is 3.19. The third-order valence-corrected chi connectivity index (χ3v) is 6.79. The van der Waals surface area contributed by atoms with Crippen molar-refractivity contribution in [3.8, 4) is 22.8 Å². The van der Waals surface area contributed by atoms with Gasteiger partial charge in [-0.2, -0.15) is 5.10 Å². The number of benzene rings is 2. The summed E-state index contributed by atoms with van der Waals surface area (Å²) in [7, 11) is 4.59. The molecular weight excluding hydrogens is 542 g/mol. The molecule has 2 aromatic carbocycles. The van der Waals surface area contributed by atoms with Crippen molar-refractivity contribution in [2.24, 2.45) is 0 Å². The number of carbonyl (C=O) groups excluding carboxylic acids is 2. The number of hydrogen-bond acceptors (Lipinski definition) is 9. The van der Waals surface area contributed by atoms with Crippen molar-refractivity contribution in [3.63, 3.8) is 0 Å². The number of hydrogen-bond donors (Lipinski definition) is 4. The van der Waals surface area contributed by atoms with Crippen molar-refractivity contribution < 1.29 is 33.3 Å². The van der Waals surface area contributed by atoms with E-state index in [1.165, 1.54) is 7.11 Å². The molecule has 0 saturated carbocycles. The highest BCUT2D eigenvalue weighted by atomic mass is 16.5. The molecule has 0 fully saturated rings. The van der Waals surface area contributed by atoms with E-state index in [1.807, 2.05) is 30.3 Å². The number of fused-ring (bicyclic) bond motifs is 3. The predicted molar refractivity (Wildman–Crippen MR) is 158 cm³/mol. The second kappa shape index (κ2) is 15.6. The number of aromatic amines is 1. The van der Waals surface area contributed by atoms with Crippen LogP contribution in [0.4, 0.5) is 16.3 Å². The van der Waals surface area contributed by atoms with Crippen LogP contribution in [0.1, 0.15) is 40.7 Å². The SMILES string of the molecule is COC(=O)NCCCCOCCOCCCNC(=O)c1cccc(Nc2n[nH]c3c2Cc2cc(OC)c(OC)cc2-3)c1. The van der Waals surface area contributed by atoms with Gasteiger partial charge in [0.2, 0.25) is 0 Å². The van der Waals surface area contributed by atoms with Crippen molar-refractivity contribution in [2.75, 3.05) is 66.2 Å². The van der Waals surface area contributed by atoms with E-state index < -0.39 is 6.09 Å². The normalized spacial score (nSPS) is 11.4. The number of nitrogens with zero attached hydrogens (tertiary/aromatic N) is 1. The zero-order valence-corrected chi connectivity index (χ0v) is 24.3. The minimum absolute atomic E-state index is 0.150. The van der Waals surface area contributed by atoms with E-state index in [9.17, 15) is 9.59 Å². The van der Waals surface area contributed by atoms with Crippen molar-refractivity contribution >= 4 is 23.5 Å². The second-order valence-corrected chi connectivity index (χ2v) is 9.63. The molecule has 2 amide bonds. The van der Waals surface area contributed by atoms with Crippen LogP contribution in [0.15, 0.2) is 36.4 Å². The third-order valence-electron chi connectivity index (χ3n) is 6.79. The summed E-state index contributed by atoms with van der Waals surface area (Å²) in [6, 6.07) is 11.3. The molecular formula is C30H39N5O7. The van der Waals surface area contributed by atoms with Crippen LogP contribution < -0.4 is 25.4 Å². The monoisotopic (exact) mass is 581 g/mol. The zero-order chi connectivity index (χ0) is 29.7. The lowest BCUT2D eigenvalue weighted by Crippen LogP contribution is -2.25. The lowest BCUT2D eigenvalue weighted by atomic mass is 10.1. The molecule has 1 heterocycles. The molecule has 226 valence electrons. The quantitative estimate of drug-likeness (QED) is 0.136. The standard InChI is InChI=1S/C30H39N5O7/c1-38-25-18-21-17-24-27(23(21)19-26(25)39-2)34-35-28(24)33-22-9-6-8-20(16-22)29(36)31-11-7-13-42-15-14-41-12-5-4-10-32-30(37)40-3/h6,8-9,16,18-19H,4-5,7,10-15,17H2,1-3H3,(H,31,36)(H,32,37)(H2,33,34,35). The molecule has 0 saturated heterocycles. The fourth-order valence-corrected chi connectivity index (χ4v) is 4.62. The number of H-pyrrole nitrogens is 1. The fourth-order valence-electron chi connectivity index (χ4n) is 4.62. The van der Waals surface area contributed by atoms with Crippen LogP contribution in [-0.2, 0) is 20.6 Å². The summed E-state index contributed by atoms with van der Waals surface area (Å²) >= 11 is 0. The molecule has 0 radical (unpaired) electrons. The highest BCUT2D eigenvalue weighted by Gasteiger charge is 2.27. The van der Waals surface area contributed by atoms with Gasteiger partial charge in [0.15, 0.2) is 17.3 Å². The highest BCUT2D eigenvalue weighted by molar-refractivity contribution is 5.95. The Morgan fingerprint density at radius 2 is 1.62 bits per heavy atom. The lowest BCUT2D eigenvalue weighted by molar-refractivity contribution is 0.0455. The number of ether oxygens (including phenoxy) is 5. The van der Waals surface area contributed by atoms with E-state index in [0.29, 0.717) is 75.2 Å². The Bertz CT molecular complexity index is 1340. The van der Waals surface area contributed by atoms with Gasteiger partial charge in [-0.05, 0) is 55.2 Å². The van der Waals surface area contributed by atoms with Crippen molar-refractivity contribution in [1.82, 2.24) is 20.8 Å². The van der Waals surface area contributed by atoms with Crippen LogP contribution in [0.3, 0.4) is 0 Å². The molecule has 1 aliphatic carbocycles. The number of nitrogens with one attached hydrogen (secondary N) is 4. The van der Waals surface area contributed by atoms with Gasteiger partial charge in [-0.1, -0.05) is 6.07 Å². The van der Waals surface area contributed by atoms with Gasteiger partial charge in [0.1, 0.15) is 0 Å². The number of carbonyl (C=O) groups is 2. The average molecular weight is 582 g/mol. The van der Waals surface area contributed by atoms with Gasteiger partial charge in [0.25, 0.3) is 5.91 Å². The Hall–Kier alpha value is -4.29. The molecule has 0 aliphatic heterocycles. The first-order valence-electron chi connectivity index (χ1n) is 14.0. The maximum absolute atomic E-state index is 12.7. The van der Waals surface area contributed by atoms with Crippen LogP contribution in [0.25, 0.3) is 11.3 Å². The maximum Gasteiger partial charge on any atom is 0.406 e. The summed E-state index contributed by atoms with van der Waals surface area (Å²) in [5.74, 6) is 1.93. The summed E-state index contributed by atoms with van der Waals surface area (Å²) in [4.78, 5) is 23.7. The van der Waals surface area contributed by atoms with E-state index in [2.05, 4.69) is 30.9 Å². The van der Waals surface area contributed by atoms with E-state index in [4.69, 9.17) is 18.9 Å². The molecule has 3 aromatic rings. The van der Waals surface area contributed by atoms with Crippen LogP contribution in [0, 0.1) is 0 Å². The number of amides is 2.